The minimum absolute atomic E-state index is 0.0431. The molecule has 1 amide bonds. The van der Waals surface area contributed by atoms with Crippen LogP contribution in [0, 0.1) is 0 Å². The fourth-order valence-corrected chi connectivity index (χ4v) is 2.02. The Morgan fingerprint density at radius 1 is 1.30 bits per heavy atom. The van der Waals surface area contributed by atoms with Crippen molar-refractivity contribution in [1.29, 1.82) is 0 Å². The monoisotopic (exact) mass is 317 g/mol. The zero-order valence-corrected chi connectivity index (χ0v) is 12.3. The van der Waals surface area contributed by atoms with Gasteiger partial charge in [0, 0.05) is 18.3 Å². The molecular weight excluding hydrogens is 302 g/mol. The third kappa shape index (κ3) is 3.94. The van der Waals surface area contributed by atoms with Crippen LogP contribution >= 0.6 is 0 Å². The van der Waals surface area contributed by atoms with Gasteiger partial charge in [0.25, 0.3) is 5.91 Å². The summed E-state index contributed by atoms with van der Waals surface area (Å²) < 4.78 is 4.62. The number of carboxylic acids is 1. The molecule has 2 rings (SSSR count). The molecule has 120 valence electrons. The van der Waals surface area contributed by atoms with E-state index in [0.717, 1.165) is 0 Å². The number of imidazole rings is 1. The van der Waals surface area contributed by atoms with Crippen LogP contribution in [0.15, 0.2) is 36.8 Å². The molecule has 8 heteroatoms. The molecule has 1 aromatic heterocycles. The highest BCUT2D eigenvalue weighted by Gasteiger charge is 2.24. The van der Waals surface area contributed by atoms with Crippen molar-refractivity contribution in [3.63, 3.8) is 0 Å². The Kier molecular flexibility index (Phi) is 5.08. The Balaban J connectivity index is 2.19. The summed E-state index contributed by atoms with van der Waals surface area (Å²) >= 11 is 0. The molecule has 1 unspecified atom stereocenters. The summed E-state index contributed by atoms with van der Waals surface area (Å²) in [7, 11) is 1.20. The van der Waals surface area contributed by atoms with Gasteiger partial charge in [-0.2, -0.15) is 0 Å². The minimum atomic E-state index is -1.19. The van der Waals surface area contributed by atoms with Gasteiger partial charge in [-0.15, -0.1) is 0 Å². The molecule has 0 bridgehead atoms. The minimum Gasteiger partial charge on any atom is -0.480 e. The third-order valence-electron chi connectivity index (χ3n) is 3.16. The second-order valence-corrected chi connectivity index (χ2v) is 4.68. The molecule has 0 aliphatic rings. The van der Waals surface area contributed by atoms with Crippen LogP contribution in [0.1, 0.15) is 26.4 Å². The Morgan fingerprint density at radius 3 is 2.57 bits per heavy atom. The smallest absolute Gasteiger partial charge is 0.338 e. The molecule has 2 aromatic rings. The lowest BCUT2D eigenvalue weighted by atomic mass is 10.1. The first kappa shape index (κ1) is 16.2. The van der Waals surface area contributed by atoms with Crippen molar-refractivity contribution < 1.29 is 24.2 Å². The molecule has 1 atom stereocenters. The van der Waals surface area contributed by atoms with Crippen molar-refractivity contribution in [2.45, 2.75) is 12.5 Å². The van der Waals surface area contributed by atoms with Gasteiger partial charge in [0.2, 0.25) is 0 Å². The highest BCUT2D eigenvalue weighted by molar-refractivity contribution is 6.06. The van der Waals surface area contributed by atoms with Gasteiger partial charge in [-0.05, 0) is 12.1 Å². The number of hydrogen-bond acceptors (Lipinski definition) is 5. The van der Waals surface area contributed by atoms with Crippen LogP contribution in [-0.4, -0.2) is 46.1 Å². The van der Waals surface area contributed by atoms with Gasteiger partial charge in [0.05, 0.1) is 24.6 Å². The fourth-order valence-electron chi connectivity index (χ4n) is 2.02. The summed E-state index contributed by atoms with van der Waals surface area (Å²) in [5.74, 6) is -2.53. The number of ether oxygens (including phenoxy) is 1. The summed E-state index contributed by atoms with van der Waals surface area (Å²) in [6.07, 6.45) is 2.94. The lowest BCUT2D eigenvalue weighted by molar-refractivity contribution is -0.139. The number of hydrogen-bond donors (Lipinski definition) is 3. The van der Waals surface area contributed by atoms with Gasteiger partial charge in [-0.1, -0.05) is 12.1 Å². The van der Waals surface area contributed by atoms with Gasteiger partial charge in [-0.3, -0.25) is 4.79 Å². The van der Waals surface area contributed by atoms with E-state index in [1.807, 2.05) is 0 Å². The summed E-state index contributed by atoms with van der Waals surface area (Å²) in [4.78, 5) is 41.9. The number of aromatic nitrogens is 2. The first-order valence-corrected chi connectivity index (χ1v) is 6.71. The first-order valence-electron chi connectivity index (χ1n) is 6.71. The summed E-state index contributed by atoms with van der Waals surface area (Å²) in [5.41, 5.74) is 0.687. The van der Waals surface area contributed by atoms with Crippen molar-refractivity contribution >= 4 is 17.8 Å². The highest BCUT2D eigenvalue weighted by Crippen LogP contribution is 2.11. The molecule has 0 saturated carbocycles. The molecule has 0 saturated heterocycles. The van der Waals surface area contributed by atoms with Crippen LogP contribution in [0.5, 0.6) is 0 Å². The van der Waals surface area contributed by atoms with Gasteiger partial charge < -0.3 is 20.1 Å². The molecule has 0 radical (unpaired) electrons. The second-order valence-electron chi connectivity index (χ2n) is 4.68. The van der Waals surface area contributed by atoms with Crippen molar-refractivity contribution in [3.8, 4) is 0 Å². The number of carbonyl (C=O) groups excluding carboxylic acids is 2. The number of carboxylic acid groups (broad SMARTS) is 1. The van der Waals surface area contributed by atoms with E-state index in [9.17, 15) is 19.5 Å². The lowest BCUT2D eigenvalue weighted by Crippen LogP contribution is -2.42. The Morgan fingerprint density at radius 2 is 2.00 bits per heavy atom. The maximum atomic E-state index is 12.3. The summed E-state index contributed by atoms with van der Waals surface area (Å²) in [5, 5.41) is 11.6. The highest BCUT2D eigenvalue weighted by atomic mass is 16.5. The van der Waals surface area contributed by atoms with Gasteiger partial charge >= 0.3 is 11.9 Å². The molecule has 23 heavy (non-hydrogen) atoms. The maximum Gasteiger partial charge on any atom is 0.338 e. The van der Waals surface area contributed by atoms with Gasteiger partial charge in [0.15, 0.2) is 0 Å². The number of esters is 1. The molecule has 3 N–H and O–H groups in total. The topological polar surface area (TPSA) is 121 Å². The summed E-state index contributed by atoms with van der Waals surface area (Å²) in [6.45, 7) is 0. The fraction of sp³-hybridized carbons (Fsp3) is 0.200. The average molecular weight is 317 g/mol. The number of H-pyrrole nitrogens is 1. The SMILES string of the molecule is COC(=O)c1ccccc1C(=O)NC(Cc1cnc[nH]1)C(=O)O. The van der Waals surface area contributed by atoms with Gasteiger partial charge in [0.1, 0.15) is 6.04 Å². The molecular formula is C15H15N3O5. The zero-order valence-electron chi connectivity index (χ0n) is 12.3. The van der Waals surface area contributed by atoms with Crippen LogP contribution in [0.2, 0.25) is 0 Å². The number of nitrogens with one attached hydrogen (secondary N) is 2. The molecule has 0 aliphatic heterocycles. The number of rotatable bonds is 6. The van der Waals surface area contributed by atoms with E-state index in [2.05, 4.69) is 20.0 Å². The van der Waals surface area contributed by atoms with E-state index in [0.29, 0.717) is 5.69 Å². The molecule has 0 aliphatic carbocycles. The lowest BCUT2D eigenvalue weighted by Gasteiger charge is -2.15. The Bertz CT molecular complexity index is 712. The normalized spacial score (nSPS) is 11.5. The Labute approximate surface area is 131 Å². The number of amides is 1. The van der Waals surface area contributed by atoms with Crippen LogP contribution in [0.4, 0.5) is 0 Å². The number of aliphatic carboxylic acids is 1. The van der Waals surface area contributed by atoms with E-state index in [-0.39, 0.29) is 17.5 Å². The van der Waals surface area contributed by atoms with Crippen molar-refractivity contribution in [2.24, 2.45) is 0 Å². The number of nitrogens with zero attached hydrogens (tertiary/aromatic N) is 1. The van der Waals surface area contributed by atoms with Gasteiger partial charge in [-0.25, -0.2) is 14.6 Å². The van der Waals surface area contributed by atoms with Crippen molar-refractivity contribution in [2.75, 3.05) is 7.11 Å². The van der Waals surface area contributed by atoms with E-state index >= 15 is 0 Å². The predicted molar refractivity (Wildman–Crippen MR) is 79.0 cm³/mol. The quantitative estimate of drug-likeness (QED) is 0.672. The zero-order chi connectivity index (χ0) is 16.8. The molecule has 8 nitrogen and oxygen atoms in total. The van der Waals surface area contributed by atoms with Crippen LogP contribution in [0.25, 0.3) is 0 Å². The first-order chi connectivity index (χ1) is 11.0. The summed E-state index contributed by atoms with van der Waals surface area (Å²) in [6, 6.07) is 4.87. The standard InChI is InChI=1S/C15H15N3O5/c1-23-15(22)11-5-3-2-4-10(11)13(19)18-12(14(20)21)6-9-7-16-8-17-9/h2-5,7-8,12H,6H2,1H3,(H,16,17)(H,18,19)(H,20,21). The molecule has 0 fully saturated rings. The predicted octanol–water partition coefficient (Wildman–Crippen LogP) is 0.622. The number of methoxy groups -OCH3 is 1. The van der Waals surface area contributed by atoms with Crippen LogP contribution < -0.4 is 5.32 Å². The Hall–Kier alpha value is -3.16. The van der Waals surface area contributed by atoms with Crippen molar-refractivity contribution in [3.05, 3.63) is 53.6 Å². The van der Waals surface area contributed by atoms with Crippen LogP contribution in [0.3, 0.4) is 0 Å². The average Bonchev–Trinajstić information content (AvgIpc) is 3.06. The van der Waals surface area contributed by atoms with E-state index in [1.165, 1.54) is 31.8 Å². The largest absolute Gasteiger partial charge is 0.480 e. The third-order valence-corrected chi connectivity index (χ3v) is 3.16. The molecule has 1 heterocycles. The van der Waals surface area contributed by atoms with E-state index in [4.69, 9.17) is 0 Å². The van der Waals surface area contributed by atoms with E-state index in [1.54, 1.807) is 12.1 Å². The number of benzene rings is 1. The van der Waals surface area contributed by atoms with Crippen molar-refractivity contribution in [1.82, 2.24) is 15.3 Å². The number of aromatic amines is 1. The second kappa shape index (κ2) is 7.21. The van der Waals surface area contributed by atoms with E-state index < -0.39 is 23.9 Å². The van der Waals surface area contributed by atoms with Crippen LogP contribution in [-0.2, 0) is 16.0 Å². The maximum absolute atomic E-state index is 12.3. The molecule has 0 spiro atoms. The number of carbonyl (C=O) groups is 3. The molecule has 1 aromatic carbocycles.